The van der Waals surface area contributed by atoms with Gasteiger partial charge < -0.3 is 9.47 Å². The molecule has 2 heterocycles. The Bertz CT molecular complexity index is 886. The molecular weight excluding hydrogens is 344 g/mol. The van der Waals surface area contributed by atoms with Crippen molar-refractivity contribution in [1.29, 1.82) is 0 Å². The van der Waals surface area contributed by atoms with Crippen molar-refractivity contribution in [2.75, 3.05) is 13.1 Å². The minimum Gasteiger partial charge on any atom is -0.341 e. The predicted octanol–water partition coefficient (Wildman–Crippen LogP) is 3.38. The number of aryl methyl sites for hydroxylation is 1. The standard InChI is InChI=1S/C20H26N4OS/c1-20(10-9-14-6-3-4-7-15(14)12-20)18(25)24-11-5-8-16(13-24)17-21-22-19(26)23(17)2/h3-4,6-7,16H,5,8-13H2,1-2H3,(H,22,26)/t16-,20+/m0/s1. The molecule has 1 aliphatic carbocycles. The molecule has 0 bridgehead atoms. The molecular formula is C20H26N4OS. The molecule has 6 heteroatoms. The first kappa shape index (κ1) is 17.5. The Kier molecular flexibility index (Phi) is 4.47. The zero-order valence-electron chi connectivity index (χ0n) is 15.5. The number of aromatic amines is 1. The molecule has 1 aromatic carbocycles. The molecule has 2 aromatic rings. The molecule has 26 heavy (non-hydrogen) atoms. The molecule has 4 rings (SSSR count). The van der Waals surface area contributed by atoms with Crippen molar-refractivity contribution in [1.82, 2.24) is 19.7 Å². The molecule has 0 saturated carbocycles. The van der Waals surface area contributed by atoms with Gasteiger partial charge in [-0.05, 0) is 55.4 Å². The zero-order valence-corrected chi connectivity index (χ0v) is 16.3. The highest BCUT2D eigenvalue weighted by Crippen LogP contribution is 2.38. The Morgan fingerprint density at radius 3 is 2.85 bits per heavy atom. The Morgan fingerprint density at radius 1 is 1.35 bits per heavy atom. The van der Waals surface area contributed by atoms with Gasteiger partial charge in [-0.2, -0.15) is 5.10 Å². The van der Waals surface area contributed by atoms with Crippen LogP contribution in [-0.2, 0) is 24.7 Å². The van der Waals surface area contributed by atoms with Crippen LogP contribution in [0, 0.1) is 10.2 Å². The first-order valence-corrected chi connectivity index (χ1v) is 9.86. The summed E-state index contributed by atoms with van der Waals surface area (Å²) in [6.07, 6.45) is 4.83. The third-order valence-corrected chi connectivity index (χ3v) is 6.51. The fourth-order valence-corrected chi connectivity index (χ4v) is 4.69. The van der Waals surface area contributed by atoms with Crippen LogP contribution < -0.4 is 0 Å². The van der Waals surface area contributed by atoms with E-state index in [1.165, 1.54) is 11.1 Å². The van der Waals surface area contributed by atoms with E-state index in [0.29, 0.717) is 10.7 Å². The van der Waals surface area contributed by atoms with Gasteiger partial charge in [0.2, 0.25) is 5.91 Å². The summed E-state index contributed by atoms with van der Waals surface area (Å²) in [6, 6.07) is 8.54. The maximum atomic E-state index is 13.4. The number of rotatable bonds is 2. The minimum absolute atomic E-state index is 0.255. The fourth-order valence-electron chi connectivity index (χ4n) is 4.55. The molecule has 5 nitrogen and oxygen atoms in total. The summed E-state index contributed by atoms with van der Waals surface area (Å²) in [6.45, 7) is 3.73. The average Bonchev–Trinajstić information content (AvgIpc) is 3.00. The molecule has 0 unspecified atom stereocenters. The number of amides is 1. The summed E-state index contributed by atoms with van der Waals surface area (Å²) >= 11 is 5.25. The number of fused-ring (bicyclic) bond motifs is 1. The Morgan fingerprint density at radius 2 is 2.12 bits per heavy atom. The lowest BCUT2D eigenvalue weighted by molar-refractivity contribution is -0.143. The lowest BCUT2D eigenvalue weighted by atomic mass is 9.71. The number of hydrogen-bond acceptors (Lipinski definition) is 3. The maximum absolute atomic E-state index is 13.4. The normalized spacial score (nSPS) is 25.8. The summed E-state index contributed by atoms with van der Waals surface area (Å²) in [5.41, 5.74) is 2.43. The van der Waals surface area contributed by atoms with E-state index < -0.39 is 0 Å². The van der Waals surface area contributed by atoms with Gasteiger partial charge in [0.25, 0.3) is 0 Å². The third kappa shape index (κ3) is 3.00. The molecule has 1 fully saturated rings. The van der Waals surface area contributed by atoms with Crippen molar-refractivity contribution in [3.05, 3.63) is 46.0 Å². The molecule has 1 aromatic heterocycles. The average molecular weight is 371 g/mol. The van der Waals surface area contributed by atoms with Gasteiger partial charge in [-0.1, -0.05) is 31.2 Å². The minimum atomic E-state index is -0.298. The highest BCUT2D eigenvalue weighted by Gasteiger charge is 2.41. The van der Waals surface area contributed by atoms with Crippen molar-refractivity contribution in [3.8, 4) is 0 Å². The second-order valence-electron chi connectivity index (χ2n) is 8.04. The number of H-pyrrole nitrogens is 1. The number of carbonyl (C=O) groups is 1. The van der Waals surface area contributed by atoms with Gasteiger partial charge in [0, 0.05) is 26.1 Å². The number of piperidine rings is 1. The van der Waals surface area contributed by atoms with Gasteiger partial charge in [-0.3, -0.25) is 9.89 Å². The van der Waals surface area contributed by atoms with Crippen LogP contribution in [0.4, 0.5) is 0 Å². The molecule has 0 radical (unpaired) electrons. The number of nitrogens with one attached hydrogen (secondary N) is 1. The number of carbonyl (C=O) groups excluding carboxylic acids is 1. The number of nitrogens with zero attached hydrogens (tertiary/aromatic N) is 3. The van der Waals surface area contributed by atoms with E-state index >= 15 is 0 Å². The van der Waals surface area contributed by atoms with E-state index in [9.17, 15) is 4.79 Å². The van der Waals surface area contributed by atoms with E-state index in [1.54, 1.807) is 0 Å². The van der Waals surface area contributed by atoms with Gasteiger partial charge in [-0.25, -0.2) is 0 Å². The SMILES string of the molecule is Cn1c([C@H]2CCCN(C(=O)[C@]3(C)CCc4ccccc4C3)C2)n[nH]c1=S. The molecule has 138 valence electrons. The van der Waals surface area contributed by atoms with Crippen LogP contribution in [0.25, 0.3) is 0 Å². The summed E-state index contributed by atoms with van der Waals surface area (Å²) in [7, 11) is 1.95. The molecule has 1 saturated heterocycles. The second-order valence-corrected chi connectivity index (χ2v) is 8.43. The van der Waals surface area contributed by atoms with Crippen LogP contribution in [0.1, 0.15) is 49.1 Å². The third-order valence-electron chi connectivity index (χ3n) is 6.15. The predicted molar refractivity (Wildman–Crippen MR) is 104 cm³/mol. The smallest absolute Gasteiger partial charge is 0.228 e. The lowest BCUT2D eigenvalue weighted by Gasteiger charge is -2.41. The monoisotopic (exact) mass is 370 g/mol. The highest BCUT2D eigenvalue weighted by molar-refractivity contribution is 7.71. The summed E-state index contributed by atoms with van der Waals surface area (Å²) in [5.74, 6) is 1.52. The summed E-state index contributed by atoms with van der Waals surface area (Å²) in [4.78, 5) is 15.5. The zero-order chi connectivity index (χ0) is 18.3. The number of hydrogen-bond donors (Lipinski definition) is 1. The Labute approximate surface area is 159 Å². The molecule has 1 N–H and O–H groups in total. The van der Waals surface area contributed by atoms with Gasteiger partial charge in [0.1, 0.15) is 5.82 Å². The molecule has 1 aliphatic heterocycles. The van der Waals surface area contributed by atoms with Gasteiger partial charge >= 0.3 is 0 Å². The molecule has 2 atom stereocenters. The number of aromatic nitrogens is 3. The van der Waals surface area contributed by atoms with E-state index in [2.05, 4.69) is 46.3 Å². The van der Waals surface area contributed by atoms with Crippen LogP contribution in [0.5, 0.6) is 0 Å². The van der Waals surface area contributed by atoms with Crippen molar-refractivity contribution >= 4 is 18.1 Å². The summed E-state index contributed by atoms with van der Waals surface area (Å²) in [5, 5.41) is 7.27. The van der Waals surface area contributed by atoms with E-state index in [1.807, 2.05) is 11.6 Å². The maximum Gasteiger partial charge on any atom is 0.228 e. The number of likely N-dealkylation sites (tertiary alicyclic amines) is 1. The topological polar surface area (TPSA) is 53.9 Å². The van der Waals surface area contributed by atoms with E-state index in [4.69, 9.17) is 12.2 Å². The summed E-state index contributed by atoms with van der Waals surface area (Å²) < 4.78 is 2.58. The first-order valence-electron chi connectivity index (χ1n) is 9.45. The molecule has 2 aliphatic rings. The highest BCUT2D eigenvalue weighted by atomic mass is 32.1. The lowest BCUT2D eigenvalue weighted by Crippen LogP contribution is -2.48. The fraction of sp³-hybridized carbons (Fsp3) is 0.550. The van der Waals surface area contributed by atoms with Crippen LogP contribution in [0.2, 0.25) is 0 Å². The van der Waals surface area contributed by atoms with Crippen molar-refractivity contribution in [2.24, 2.45) is 12.5 Å². The Balaban J connectivity index is 1.53. The Hall–Kier alpha value is -1.95. The van der Waals surface area contributed by atoms with Crippen LogP contribution in [0.15, 0.2) is 24.3 Å². The van der Waals surface area contributed by atoms with Gasteiger partial charge in [-0.15, -0.1) is 0 Å². The van der Waals surface area contributed by atoms with Crippen LogP contribution in [0.3, 0.4) is 0 Å². The molecule has 1 amide bonds. The second kappa shape index (κ2) is 6.65. The van der Waals surface area contributed by atoms with E-state index in [-0.39, 0.29) is 11.3 Å². The quantitative estimate of drug-likeness (QED) is 0.825. The number of benzene rings is 1. The first-order chi connectivity index (χ1) is 12.5. The van der Waals surface area contributed by atoms with Crippen molar-refractivity contribution in [3.63, 3.8) is 0 Å². The van der Waals surface area contributed by atoms with Crippen LogP contribution in [-0.4, -0.2) is 38.7 Å². The van der Waals surface area contributed by atoms with E-state index in [0.717, 1.165) is 51.0 Å². The van der Waals surface area contributed by atoms with Crippen LogP contribution >= 0.6 is 12.2 Å². The molecule has 0 spiro atoms. The largest absolute Gasteiger partial charge is 0.341 e. The van der Waals surface area contributed by atoms with Gasteiger partial charge in [0.05, 0.1) is 5.41 Å². The van der Waals surface area contributed by atoms with Gasteiger partial charge in [0.15, 0.2) is 4.77 Å². The van der Waals surface area contributed by atoms with Crippen molar-refractivity contribution < 1.29 is 4.79 Å². The van der Waals surface area contributed by atoms with Crippen molar-refractivity contribution in [2.45, 2.75) is 44.9 Å².